The summed E-state index contributed by atoms with van der Waals surface area (Å²) in [6.07, 6.45) is 3.14. The zero-order valence-corrected chi connectivity index (χ0v) is 12.6. The molecule has 1 amide bonds. The van der Waals surface area contributed by atoms with Gasteiger partial charge in [0.25, 0.3) is 5.91 Å². The number of anilines is 2. The maximum atomic E-state index is 12.2. The molecule has 3 aromatic rings. The van der Waals surface area contributed by atoms with Crippen LogP contribution in [0.3, 0.4) is 0 Å². The van der Waals surface area contributed by atoms with Crippen LogP contribution in [0.25, 0.3) is 0 Å². The van der Waals surface area contributed by atoms with E-state index in [4.69, 9.17) is 4.42 Å². The summed E-state index contributed by atoms with van der Waals surface area (Å²) < 4.78 is 5.18. The Morgan fingerprint density at radius 1 is 1.17 bits per heavy atom. The van der Waals surface area contributed by atoms with Crippen molar-refractivity contribution in [1.82, 2.24) is 15.3 Å². The number of rotatable bonds is 5. The first-order valence-corrected chi connectivity index (χ1v) is 7.16. The fraction of sp³-hybridized carbons (Fsp3) is 0.118. The lowest BCUT2D eigenvalue weighted by atomic mass is 10.3. The smallest absolute Gasteiger partial charge is 0.270 e. The van der Waals surface area contributed by atoms with E-state index in [0.29, 0.717) is 23.9 Å². The van der Waals surface area contributed by atoms with Crippen LogP contribution in [0.1, 0.15) is 16.2 Å². The predicted molar refractivity (Wildman–Crippen MR) is 86.4 cm³/mol. The van der Waals surface area contributed by atoms with Gasteiger partial charge in [0, 0.05) is 18.9 Å². The van der Waals surface area contributed by atoms with Crippen LogP contribution in [0.2, 0.25) is 0 Å². The summed E-state index contributed by atoms with van der Waals surface area (Å²) in [5, 5.41) is 2.77. The van der Waals surface area contributed by atoms with Crippen molar-refractivity contribution in [1.29, 1.82) is 0 Å². The highest BCUT2D eigenvalue weighted by atomic mass is 16.3. The molecule has 2 aromatic heterocycles. The number of aromatic nitrogens is 2. The van der Waals surface area contributed by atoms with E-state index < -0.39 is 0 Å². The molecular formula is C17H16N4O2. The van der Waals surface area contributed by atoms with Crippen LogP contribution in [0.15, 0.2) is 65.4 Å². The van der Waals surface area contributed by atoms with Crippen molar-refractivity contribution in [3.8, 4) is 0 Å². The van der Waals surface area contributed by atoms with E-state index in [0.717, 1.165) is 5.69 Å². The van der Waals surface area contributed by atoms with Gasteiger partial charge in [0.15, 0.2) is 0 Å². The van der Waals surface area contributed by atoms with Crippen molar-refractivity contribution in [2.45, 2.75) is 6.54 Å². The van der Waals surface area contributed by atoms with E-state index in [2.05, 4.69) is 15.3 Å². The molecule has 0 aliphatic carbocycles. The molecule has 6 nitrogen and oxygen atoms in total. The lowest BCUT2D eigenvalue weighted by Gasteiger charge is -2.17. The van der Waals surface area contributed by atoms with E-state index in [1.807, 2.05) is 42.3 Å². The maximum Gasteiger partial charge on any atom is 0.270 e. The zero-order chi connectivity index (χ0) is 16.1. The van der Waals surface area contributed by atoms with Crippen LogP contribution in [-0.2, 0) is 6.54 Å². The third-order valence-electron chi connectivity index (χ3n) is 3.32. The first-order chi connectivity index (χ1) is 11.2. The Morgan fingerprint density at radius 2 is 2.00 bits per heavy atom. The van der Waals surface area contributed by atoms with E-state index in [1.165, 1.54) is 0 Å². The van der Waals surface area contributed by atoms with Gasteiger partial charge in [-0.3, -0.25) is 4.79 Å². The quantitative estimate of drug-likeness (QED) is 0.784. The number of hydrogen-bond donors (Lipinski definition) is 1. The minimum Gasteiger partial charge on any atom is -0.467 e. The number of benzene rings is 1. The molecule has 0 aliphatic rings. The second-order valence-electron chi connectivity index (χ2n) is 4.90. The average molecular weight is 308 g/mol. The lowest BCUT2D eigenvalue weighted by molar-refractivity contribution is 0.0943. The molecule has 0 bridgehead atoms. The van der Waals surface area contributed by atoms with Crippen LogP contribution in [0.4, 0.5) is 11.6 Å². The number of carbonyl (C=O) groups excluding carboxylic acids is 1. The van der Waals surface area contributed by atoms with E-state index in [-0.39, 0.29) is 5.91 Å². The number of furan rings is 1. The van der Waals surface area contributed by atoms with Crippen LogP contribution < -0.4 is 10.2 Å². The summed E-state index contributed by atoms with van der Waals surface area (Å²) in [7, 11) is 1.86. The molecule has 0 saturated heterocycles. The summed E-state index contributed by atoms with van der Waals surface area (Å²) in [5.41, 5.74) is 1.25. The monoisotopic (exact) mass is 308 g/mol. The van der Waals surface area contributed by atoms with Crippen molar-refractivity contribution in [3.05, 3.63) is 72.4 Å². The Hall–Kier alpha value is -3.15. The van der Waals surface area contributed by atoms with Gasteiger partial charge in [0.05, 0.1) is 12.8 Å². The number of amides is 1. The molecule has 0 radical (unpaired) electrons. The molecule has 23 heavy (non-hydrogen) atoms. The third-order valence-corrected chi connectivity index (χ3v) is 3.32. The minimum atomic E-state index is -0.272. The molecule has 3 rings (SSSR count). The lowest BCUT2D eigenvalue weighted by Crippen LogP contribution is -2.24. The van der Waals surface area contributed by atoms with Crippen molar-refractivity contribution < 1.29 is 9.21 Å². The van der Waals surface area contributed by atoms with Crippen LogP contribution in [0, 0.1) is 0 Å². The zero-order valence-electron chi connectivity index (χ0n) is 12.6. The van der Waals surface area contributed by atoms with Gasteiger partial charge in [-0.2, -0.15) is 0 Å². The van der Waals surface area contributed by atoms with Gasteiger partial charge in [-0.05, 0) is 30.3 Å². The van der Waals surface area contributed by atoms with E-state index >= 15 is 0 Å². The minimum absolute atomic E-state index is 0.272. The molecule has 116 valence electrons. The fourth-order valence-corrected chi connectivity index (χ4v) is 2.07. The molecule has 6 heteroatoms. The van der Waals surface area contributed by atoms with Crippen LogP contribution in [-0.4, -0.2) is 22.9 Å². The number of nitrogens with one attached hydrogen (secondary N) is 1. The number of nitrogens with zero attached hydrogens (tertiary/aromatic N) is 3. The Bertz CT molecular complexity index is 772. The largest absolute Gasteiger partial charge is 0.467 e. The van der Waals surface area contributed by atoms with Gasteiger partial charge < -0.3 is 14.6 Å². The number of carbonyl (C=O) groups is 1. The molecule has 0 atom stereocenters. The Labute approximate surface area is 133 Å². The van der Waals surface area contributed by atoms with Gasteiger partial charge in [-0.1, -0.05) is 18.2 Å². The van der Waals surface area contributed by atoms with Crippen molar-refractivity contribution in [2.75, 3.05) is 11.9 Å². The van der Waals surface area contributed by atoms with Gasteiger partial charge in [0.2, 0.25) is 5.95 Å². The molecule has 0 aliphatic heterocycles. The standard InChI is InChI=1S/C17H16N4O2/c1-21(13-6-3-2-4-7-13)17-18-10-9-15(20-17)16(22)19-12-14-8-5-11-23-14/h2-11H,12H2,1H3,(H,19,22). The number of para-hydroxylation sites is 1. The van der Waals surface area contributed by atoms with Crippen molar-refractivity contribution in [3.63, 3.8) is 0 Å². The molecule has 0 fully saturated rings. The van der Waals surface area contributed by atoms with Gasteiger partial charge >= 0.3 is 0 Å². The fourth-order valence-electron chi connectivity index (χ4n) is 2.07. The summed E-state index contributed by atoms with van der Waals surface area (Å²) in [6.45, 7) is 0.319. The van der Waals surface area contributed by atoms with Gasteiger partial charge in [-0.25, -0.2) is 9.97 Å². The summed E-state index contributed by atoms with van der Waals surface area (Å²) in [5.74, 6) is 0.877. The Balaban J connectivity index is 1.73. The molecule has 0 saturated carbocycles. The van der Waals surface area contributed by atoms with Crippen LogP contribution in [0.5, 0.6) is 0 Å². The van der Waals surface area contributed by atoms with Crippen molar-refractivity contribution in [2.24, 2.45) is 0 Å². The summed E-state index contributed by atoms with van der Waals surface area (Å²) in [6, 6.07) is 14.9. The highest BCUT2D eigenvalue weighted by Gasteiger charge is 2.12. The SMILES string of the molecule is CN(c1ccccc1)c1nccc(C(=O)NCc2ccco2)n1. The number of hydrogen-bond acceptors (Lipinski definition) is 5. The second-order valence-corrected chi connectivity index (χ2v) is 4.90. The van der Waals surface area contributed by atoms with E-state index in [1.54, 1.807) is 30.7 Å². The third kappa shape index (κ3) is 3.55. The van der Waals surface area contributed by atoms with Gasteiger partial charge in [-0.15, -0.1) is 0 Å². The van der Waals surface area contributed by atoms with Crippen LogP contribution >= 0.6 is 0 Å². The molecule has 1 aromatic carbocycles. The molecule has 0 spiro atoms. The normalized spacial score (nSPS) is 10.3. The van der Waals surface area contributed by atoms with Crippen molar-refractivity contribution >= 4 is 17.5 Å². The highest BCUT2D eigenvalue weighted by Crippen LogP contribution is 2.19. The maximum absolute atomic E-state index is 12.2. The predicted octanol–water partition coefficient (Wildman–Crippen LogP) is 2.77. The highest BCUT2D eigenvalue weighted by molar-refractivity contribution is 5.92. The second kappa shape index (κ2) is 6.74. The first-order valence-electron chi connectivity index (χ1n) is 7.16. The first kappa shape index (κ1) is 14.8. The molecular weight excluding hydrogens is 292 g/mol. The van der Waals surface area contributed by atoms with Gasteiger partial charge in [0.1, 0.15) is 11.5 Å². The summed E-state index contributed by atoms with van der Waals surface area (Å²) in [4.78, 5) is 22.6. The molecule has 1 N–H and O–H groups in total. The molecule has 0 unspecified atom stereocenters. The topological polar surface area (TPSA) is 71.3 Å². The average Bonchev–Trinajstić information content (AvgIpc) is 3.13. The van der Waals surface area contributed by atoms with E-state index in [9.17, 15) is 4.79 Å². The molecule has 2 heterocycles. The Kier molecular flexibility index (Phi) is 4.33. The summed E-state index contributed by atoms with van der Waals surface area (Å²) >= 11 is 0. The Morgan fingerprint density at radius 3 is 2.74 bits per heavy atom.